The lowest BCUT2D eigenvalue weighted by molar-refractivity contribution is -0.121. The first kappa shape index (κ1) is 15.0. The number of allylic oxidation sites excluding steroid dienone is 2. The molecule has 1 aromatic heterocycles. The van der Waals surface area contributed by atoms with E-state index in [0.717, 1.165) is 11.4 Å². The minimum atomic E-state index is 0.0771. The molecule has 1 aromatic rings. The van der Waals surface area contributed by atoms with Gasteiger partial charge >= 0.3 is 0 Å². The molecule has 0 radical (unpaired) electrons. The number of aromatic nitrogens is 2. The minimum Gasteiger partial charge on any atom is -0.355 e. The smallest absolute Gasteiger partial charge is 0.201 e. The van der Waals surface area contributed by atoms with Crippen molar-refractivity contribution in [2.24, 2.45) is 5.92 Å². The maximum absolute atomic E-state index is 11.5. The van der Waals surface area contributed by atoms with Crippen LogP contribution in [0, 0.1) is 5.92 Å². The fourth-order valence-electron chi connectivity index (χ4n) is 1.52. The predicted molar refractivity (Wildman–Crippen MR) is 80.9 cm³/mol. The molecule has 0 fully saturated rings. The van der Waals surface area contributed by atoms with Crippen molar-refractivity contribution < 1.29 is 4.79 Å². The third kappa shape index (κ3) is 4.58. The zero-order valence-electron chi connectivity index (χ0n) is 11.6. The predicted octanol–water partition coefficient (Wildman–Crippen LogP) is 3.28. The molecule has 0 unspecified atom stereocenters. The van der Waals surface area contributed by atoms with Crippen LogP contribution < -0.4 is 5.32 Å². The second kappa shape index (κ2) is 7.36. The van der Waals surface area contributed by atoms with Gasteiger partial charge in [-0.2, -0.15) is 0 Å². The molecule has 0 amide bonds. The maximum atomic E-state index is 11.5. The fourth-order valence-corrected chi connectivity index (χ4v) is 1.52. The van der Waals surface area contributed by atoms with Gasteiger partial charge in [0.2, 0.25) is 5.95 Å². The molecule has 0 aromatic carbocycles. The van der Waals surface area contributed by atoms with Crippen molar-refractivity contribution in [3.05, 3.63) is 36.7 Å². The Kier molecular flexibility index (Phi) is 5.79. The quantitative estimate of drug-likeness (QED) is 0.704. The molecule has 0 spiro atoms. The van der Waals surface area contributed by atoms with E-state index in [2.05, 4.69) is 28.4 Å². The molecule has 0 atom stereocenters. The van der Waals surface area contributed by atoms with Crippen molar-refractivity contribution in [3.8, 4) is 0 Å². The lowest BCUT2D eigenvalue weighted by atomic mass is 10.1. The summed E-state index contributed by atoms with van der Waals surface area (Å²) in [4.78, 5) is 19.0. The second-order valence-electron chi connectivity index (χ2n) is 4.48. The van der Waals surface area contributed by atoms with E-state index in [1.54, 1.807) is 12.2 Å². The standard InChI is InChI=1S/C15H21N3O/c1-5-7-8-13-12(6-2)17-15(18-13)16-10-9-14(19)11(3)4/h5-8,11H,1-2,9-10H2,3-4H3,(H2,16,17,18)/b8-7-. The molecule has 4 heteroatoms. The van der Waals surface area contributed by atoms with Crippen LogP contribution in [0.3, 0.4) is 0 Å². The van der Waals surface area contributed by atoms with E-state index in [1.807, 2.05) is 26.0 Å². The zero-order valence-corrected chi connectivity index (χ0v) is 11.6. The summed E-state index contributed by atoms with van der Waals surface area (Å²) in [6, 6.07) is 0. The third-order valence-electron chi connectivity index (χ3n) is 2.66. The first-order valence-corrected chi connectivity index (χ1v) is 6.36. The Labute approximate surface area is 114 Å². The molecular formula is C15H21N3O. The lowest BCUT2D eigenvalue weighted by Crippen LogP contribution is -2.13. The van der Waals surface area contributed by atoms with Crippen molar-refractivity contribution in [1.82, 2.24) is 9.97 Å². The summed E-state index contributed by atoms with van der Waals surface area (Å²) < 4.78 is 0. The molecule has 19 heavy (non-hydrogen) atoms. The fraction of sp³-hybridized carbons (Fsp3) is 0.333. The Morgan fingerprint density at radius 1 is 1.47 bits per heavy atom. The van der Waals surface area contributed by atoms with Crippen molar-refractivity contribution >= 4 is 23.9 Å². The Morgan fingerprint density at radius 3 is 2.79 bits per heavy atom. The number of hydrogen-bond donors (Lipinski definition) is 2. The molecule has 0 aliphatic heterocycles. The Bertz CT molecular complexity index is 484. The molecule has 0 saturated heterocycles. The summed E-state index contributed by atoms with van der Waals surface area (Å²) in [7, 11) is 0. The highest BCUT2D eigenvalue weighted by molar-refractivity contribution is 5.80. The first-order chi connectivity index (χ1) is 9.08. The van der Waals surface area contributed by atoms with E-state index in [1.165, 1.54) is 0 Å². The largest absolute Gasteiger partial charge is 0.355 e. The average molecular weight is 259 g/mol. The zero-order chi connectivity index (χ0) is 14.3. The number of rotatable bonds is 8. The molecule has 1 rings (SSSR count). The summed E-state index contributed by atoms with van der Waals surface area (Å²) in [6.07, 6.45) is 7.58. The van der Waals surface area contributed by atoms with Gasteiger partial charge in [-0.3, -0.25) is 4.79 Å². The van der Waals surface area contributed by atoms with Crippen molar-refractivity contribution in [2.45, 2.75) is 20.3 Å². The molecule has 0 bridgehead atoms. The number of anilines is 1. The van der Waals surface area contributed by atoms with Crippen molar-refractivity contribution in [2.75, 3.05) is 11.9 Å². The molecule has 0 saturated carbocycles. The van der Waals surface area contributed by atoms with E-state index >= 15 is 0 Å². The van der Waals surface area contributed by atoms with Gasteiger partial charge in [0.25, 0.3) is 0 Å². The summed E-state index contributed by atoms with van der Waals surface area (Å²) in [6.45, 7) is 11.7. The van der Waals surface area contributed by atoms with Crippen LogP contribution in [0.5, 0.6) is 0 Å². The van der Waals surface area contributed by atoms with E-state index in [4.69, 9.17) is 0 Å². The second-order valence-corrected chi connectivity index (χ2v) is 4.48. The molecule has 0 aliphatic carbocycles. The molecular weight excluding hydrogens is 238 g/mol. The minimum absolute atomic E-state index is 0.0771. The van der Waals surface area contributed by atoms with Gasteiger partial charge in [0.1, 0.15) is 5.78 Å². The number of aromatic amines is 1. The van der Waals surface area contributed by atoms with Crippen molar-refractivity contribution in [1.29, 1.82) is 0 Å². The monoisotopic (exact) mass is 259 g/mol. The van der Waals surface area contributed by atoms with Gasteiger partial charge in [0.05, 0.1) is 11.4 Å². The van der Waals surface area contributed by atoms with Gasteiger partial charge in [-0.1, -0.05) is 39.2 Å². The number of H-pyrrole nitrogens is 1. The highest BCUT2D eigenvalue weighted by Gasteiger charge is 2.08. The number of carbonyl (C=O) groups is 1. The highest BCUT2D eigenvalue weighted by Crippen LogP contribution is 2.13. The third-order valence-corrected chi connectivity index (χ3v) is 2.66. The number of Topliss-reactive ketones (excluding diaryl/α,β-unsaturated/α-hetero) is 1. The normalized spacial score (nSPS) is 10.9. The summed E-state index contributed by atoms with van der Waals surface area (Å²) in [5, 5.41) is 3.11. The van der Waals surface area contributed by atoms with Gasteiger partial charge in [0.15, 0.2) is 0 Å². The highest BCUT2D eigenvalue weighted by atomic mass is 16.1. The summed E-state index contributed by atoms with van der Waals surface area (Å²) >= 11 is 0. The molecule has 1 heterocycles. The van der Waals surface area contributed by atoms with Crippen LogP contribution in [0.2, 0.25) is 0 Å². The van der Waals surface area contributed by atoms with Crippen LogP contribution in [0.15, 0.2) is 25.3 Å². The Morgan fingerprint density at radius 2 is 2.21 bits per heavy atom. The molecule has 0 aliphatic rings. The van der Waals surface area contributed by atoms with Crippen LogP contribution in [0.1, 0.15) is 31.7 Å². The van der Waals surface area contributed by atoms with Gasteiger partial charge in [0, 0.05) is 18.9 Å². The van der Waals surface area contributed by atoms with Gasteiger partial charge < -0.3 is 10.3 Å². The summed E-state index contributed by atoms with van der Waals surface area (Å²) in [5.41, 5.74) is 1.64. The van der Waals surface area contributed by atoms with E-state index in [9.17, 15) is 4.79 Å². The van der Waals surface area contributed by atoms with Crippen molar-refractivity contribution in [3.63, 3.8) is 0 Å². The van der Waals surface area contributed by atoms with E-state index in [0.29, 0.717) is 18.9 Å². The van der Waals surface area contributed by atoms with E-state index in [-0.39, 0.29) is 11.7 Å². The number of hydrogen-bond acceptors (Lipinski definition) is 3. The molecule has 2 N–H and O–H groups in total. The Balaban J connectivity index is 2.62. The van der Waals surface area contributed by atoms with Crippen LogP contribution >= 0.6 is 0 Å². The number of nitrogens with one attached hydrogen (secondary N) is 2. The van der Waals surface area contributed by atoms with Crippen LogP contribution in [0.25, 0.3) is 12.2 Å². The average Bonchev–Trinajstić information content (AvgIpc) is 2.78. The lowest BCUT2D eigenvalue weighted by Gasteiger charge is -2.04. The molecule has 4 nitrogen and oxygen atoms in total. The van der Waals surface area contributed by atoms with E-state index < -0.39 is 0 Å². The maximum Gasteiger partial charge on any atom is 0.201 e. The number of carbonyl (C=O) groups excluding carboxylic acids is 1. The topological polar surface area (TPSA) is 57.8 Å². The van der Waals surface area contributed by atoms with Gasteiger partial charge in [-0.05, 0) is 12.2 Å². The first-order valence-electron chi connectivity index (χ1n) is 6.36. The molecule has 102 valence electrons. The SMILES string of the molecule is C=C/C=C\c1[nH]c(NCCC(=O)C(C)C)nc1C=C. The van der Waals surface area contributed by atoms with Gasteiger partial charge in [-0.15, -0.1) is 0 Å². The van der Waals surface area contributed by atoms with Crippen LogP contribution in [-0.4, -0.2) is 22.3 Å². The van der Waals surface area contributed by atoms with Gasteiger partial charge in [-0.25, -0.2) is 4.98 Å². The number of ketones is 1. The number of nitrogens with zero attached hydrogens (tertiary/aromatic N) is 1. The van der Waals surface area contributed by atoms with Crippen LogP contribution in [-0.2, 0) is 4.79 Å². The number of imidazole rings is 1. The van der Waals surface area contributed by atoms with Crippen LogP contribution in [0.4, 0.5) is 5.95 Å². The summed E-state index contributed by atoms with van der Waals surface area (Å²) in [5.74, 6) is 0.971. The Hall–Kier alpha value is -2.10.